The Morgan fingerprint density at radius 1 is 1.39 bits per heavy atom. The molecule has 2 aromatic rings. The van der Waals surface area contributed by atoms with Crippen molar-refractivity contribution in [2.24, 2.45) is 0 Å². The van der Waals surface area contributed by atoms with Gasteiger partial charge in [-0.2, -0.15) is 0 Å². The van der Waals surface area contributed by atoms with E-state index in [4.69, 9.17) is 4.42 Å². The van der Waals surface area contributed by atoms with Crippen LogP contribution in [0.1, 0.15) is 35.6 Å². The third kappa shape index (κ3) is 2.65. The molecule has 98 valence electrons. The molecule has 1 unspecified atom stereocenters. The largest absolute Gasteiger partial charge is 0.459 e. The van der Waals surface area contributed by atoms with Crippen LogP contribution in [0.5, 0.6) is 0 Å². The minimum atomic E-state index is 0.539. The van der Waals surface area contributed by atoms with E-state index in [1.807, 2.05) is 26.1 Å². The van der Waals surface area contributed by atoms with Crippen LogP contribution in [0.2, 0.25) is 0 Å². The van der Waals surface area contributed by atoms with Gasteiger partial charge in [0, 0.05) is 17.3 Å². The lowest BCUT2D eigenvalue weighted by Gasteiger charge is -2.12. The molecule has 4 heteroatoms. The average molecular weight is 264 g/mol. The van der Waals surface area contributed by atoms with Gasteiger partial charge in [-0.05, 0) is 39.4 Å². The van der Waals surface area contributed by atoms with Gasteiger partial charge in [-0.1, -0.05) is 6.92 Å². The van der Waals surface area contributed by atoms with E-state index in [0.717, 1.165) is 35.2 Å². The molecule has 1 atom stereocenters. The Labute approximate surface area is 112 Å². The first-order chi connectivity index (χ1) is 8.65. The first-order valence-electron chi connectivity index (χ1n) is 6.34. The molecule has 0 radical (unpaired) electrons. The first kappa shape index (κ1) is 13.3. The number of hydrogen-bond acceptors (Lipinski definition) is 4. The van der Waals surface area contributed by atoms with E-state index in [2.05, 4.69) is 24.1 Å². The lowest BCUT2D eigenvalue weighted by molar-refractivity contribution is 0.548. The van der Waals surface area contributed by atoms with Crippen LogP contribution >= 0.6 is 11.3 Å². The van der Waals surface area contributed by atoms with E-state index < -0.39 is 0 Å². The Hall–Kier alpha value is -1.13. The van der Waals surface area contributed by atoms with Crippen LogP contribution in [0.4, 0.5) is 0 Å². The molecule has 0 saturated carbocycles. The molecule has 2 aromatic heterocycles. The van der Waals surface area contributed by atoms with Crippen LogP contribution in [0.15, 0.2) is 16.5 Å². The molecule has 0 saturated heterocycles. The van der Waals surface area contributed by atoms with Crippen LogP contribution in [0.25, 0.3) is 10.8 Å². The Morgan fingerprint density at radius 3 is 2.72 bits per heavy atom. The normalized spacial score (nSPS) is 12.9. The zero-order chi connectivity index (χ0) is 13.1. The standard InChI is InChI=1S/C14H20N2OS/c1-5-11(8-15-4)13-10(3)16-14(18-13)12-7-6-9(2)17-12/h6-7,11,15H,5,8H2,1-4H3. The molecule has 0 aromatic carbocycles. The fraction of sp³-hybridized carbons (Fsp3) is 0.500. The smallest absolute Gasteiger partial charge is 0.162 e. The highest BCUT2D eigenvalue weighted by atomic mass is 32.1. The second kappa shape index (κ2) is 5.67. The fourth-order valence-corrected chi connectivity index (χ4v) is 3.32. The van der Waals surface area contributed by atoms with Gasteiger partial charge in [-0.15, -0.1) is 11.3 Å². The van der Waals surface area contributed by atoms with Crippen LogP contribution in [0, 0.1) is 13.8 Å². The minimum absolute atomic E-state index is 0.539. The first-order valence-corrected chi connectivity index (χ1v) is 7.16. The predicted molar refractivity (Wildman–Crippen MR) is 76.2 cm³/mol. The number of aryl methyl sites for hydroxylation is 2. The van der Waals surface area contributed by atoms with Crippen molar-refractivity contribution in [3.8, 4) is 10.8 Å². The predicted octanol–water partition coefficient (Wildman–Crippen LogP) is 3.73. The molecule has 0 bridgehead atoms. The number of likely N-dealkylation sites (N-methyl/N-ethyl adjacent to an activating group) is 1. The third-order valence-electron chi connectivity index (χ3n) is 3.10. The van der Waals surface area contributed by atoms with Gasteiger partial charge in [0.15, 0.2) is 10.8 Å². The highest BCUT2D eigenvalue weighted by molar-refractivity contribution is 7.15. The van der Waals surface area contributed by atoms with Crippen LogP contribution in [-0.4, -0.2) is 18.6 Å². The number of rotatable bonds is 5. The van der Waals surface area contributed by atoms with Crippen LogP contribution < -0.4 is 5.32 Å². The zero-order valence-electron chi connectivity index (χ0n) is 11.4. The van der Waals surface area contributed by atoms with Gasteiger partial charge >= 0.3 is 0 Å². The number of nitrogens with one attached hydrogen (secondary N) is 1. The lowest BCUT2D eigenvalue weighted by Crippen LogP contribution is -2.16. The molecule has 0 aliphatic rings. The molecule has 0 aliphatic heterocycles. The number of nitrogens with zero attached hydrogens (tertiary/aromatic N) is 1. The molecule has 2 heterocycles. The molecule has 0 amide bonds. The molecular formula is C14H20N2OS. The van der Waals surface area contributed by atoms with Gasteiger partial charge in [0.05, 0.1) is 5.69 Å². The summed E-state index contributed by atoms with van der Waals surface area (Å²) in [5.74, 6) is 2.35. The highest BCUT2D eigenvalue weighted by Gasteiger charge is 2.18. The summed E-state index contributed by atoms with van der Waals surface area (Å²) >= 11 is 1.75. The van der Waals surface area contributed by atoms with Crippen molar-refractivity contribution in [1.82, 2.24) is 10.3 Å². The van der Waals surface area contributed by atoms with E-state index in [-0.39, 0.29) is 0 Å². The molecule has 18 heavy (non-hydrogen) atoms. The molecule has 2 rings (SSSR count). The van der Waals surface area contributed by atoms with Crippen molar-refractivity contribution < 1.29 is 4.42 Å². The summed E-state index contributed by atoms with van der Waals surface area (Å²) in [6.07, 6.45) is 1.13. The summed E-state index contributed by atoms with van der Waals surface area (Å²) in [4.78, 5) is 6.01. The molecular weight excluding hydrogens is 244 g/mol. The maximum absolute atomic E-state index is 5.64. The van der Waals surface area contributed by atoms with Crippen molar-refractivity contribution in [3.63, 3.8) is 0 Å². The van der Waals surface area contributed by atoms with Crippen molar-refractivity contribution in [1.29, 1.82) is 0 Å². The summed E-state index contributed by atoms with van der Waals surface area (Å²) in [6, 6.07) is 3.98. The van der Waals surface area contributed by atoms with Gasteiger partial charge in [0.2, 0.25) is 0 Å². The van der Waals surface area contributed by atoms with Gasteiger partial charge in [0.25, 0.3) is 0 Å². The second-order valence-electron chi connectivity index (χ2n) is 4.54. The summed E-state index contributed by atoms with van der Waals surface area (Å²) < 4.78 is 5.64. The molecule has 0 spiro atoms. The third-order valence-corrected chi connectivity index (χ3v) is 4.43. The SMILES string of the molecule is CCC(CNC)c1sc(-c2ccc(C)o2)nc1C. The van der Waals surface area contributed by atoms with Gasteiger partial charge in [-0.3, -0.25) is 0 Å². The van der Waals surface area contributed by atoms with E-state index in [0.29, 0.717) is 5.92 Å². The van der Waals surface area contributed by atoms with Crippen LogP contribution in [0.3, 0.4) is 0 Å². The van der Waals surface area contributed by atoms with E-state index in [1.165, 1.54) is 4.88 Å². The second-order valence-corrected chi connectivity index (χ2v) is 5.57. The fourth-order valence-electron chi connectivity index (χ4n) is 2.11. The lowest BCUT2D eigenvalue weighted by atomic mass is 10.0. The summed E-state index contributed by atoms with van der Waals surface area (Å²) in [7, 11) is 2.00. The Balaban J connectivity index is 2.31. The summed E-state index contributed by atoms with van der Waals surface area (Å²) in [6.45, 7) is 7.26. The number of furan rings is 1. The highest BCUT2D eigenvalue weighted by Crippen LogP contribution is 2.34. The Bertz CT molecular complexity index is 516. The molecule has 1 N–H and O–H groups in total. The van der Waals surface area contributed by atoms with E-state index in [1.54, 1.807) is 11.3 Å². The number of thiazole rings is 1. The Morgan fingerprint density at radius 2 is 2.17 bits per heavy atom. The minimum Gasteiger partial charge on any atom is -0.459 e. The van der Waals surface area contributed by atoms with Crippen molar-refractivity contribution >= 4 is 11.3 Å². The number of aromatic nitrogens is 1. The van der Waals surface area contributed by atoms with Crippen molar-refractivity contribution in [3.05, 3.63) is 28.5 Å². The van der Waals surface area contributed by atoms with Crippen LogP contribution in [-0.2, 0) is 0 Å². The summed E-state index contributed by atoms with van der Waals surface area (Å²) in [5.41, 5.74) is 1.13. The average Bonchev–Trinajstić information content (AvgIpc) is 2.93. The van der Waals surface area contributed by atoms with Gasteiger partial charge in [-0.25, -0.2) is 4.98 Å². The molecule has 3 nitrogen and oxygen atoms in total. The number of hydrogen-bond donors (Lipinski definition) is 1. The molecule has 0 aliphatic carbocycles. The monoisotopic (exact) mass is 264 g/mol. The Kier molecular flexibility index (Phi) is 4.19. The quantitative estimate of drug-likeness (QED) is 0.894. The maximum Gasteiger partial charge on any atom is 0.162 e. The zero-order valence-corrected chi connectivity index (χ0v) is 12.2. The van der Waals surface area contributed by atoms with Gasteiger partial charge in [0.1, 0.15) is 5.76 Å². The maximum atomic E-state index is 5.64. The van der Waals surface area contributed by atoms with E-state index >= 15 is 0 Å². The summed E-state index contributed by atoms with van der Waals surface area (Å²) in [5, 5.41) is 4.24. The van der Waals surface area contributed by atoms with Crippen molar-refractivity contribution in [2.75, 3.05) is 13.6 Å². The van der Waals surface area contributed by atoms with Gasteiger partial charge < -0.3 is 9.73 Å². The van der Waals surface area contributed by atoms with E-state index in [9.17, 15) is 0 Å². The van der Waals surface area contributed by atoms with Crippen molar-refractivity contribution in [2.45, 2.75) is 33.1 Å². The topological polar surface area (TPSA) is 38.1 Å². The molecule has 0 fully saturated rings.